The van der Waals surface area contributed by atoms with Crippen LogP contribution in [-0.2, 0) is 21.6 Å². The normalized spacial score (nSPS) is 19.8. The van der Waals surface area contributed by atoms with Crippen LogP contribution in [0.1, 0.15) is 27.7 Å². The molecule has 204 valence electrons. The van der Waals surface area contributed by atoms with Gasteiger partial charge in [0.15, 0.2) is 6.23 Å². The average Bonchev–Trinajstić information content (AvgIpc) is 2.80. The number of nitrogens with zero attached hydrogens (tertiary/aromatic N) is 4. The Morgan fingerprint density at radius 2 is 1.78 bits per heavy atom. The summed E-state index contributed by atoms with van der Waals surface area (Å²) >= 11 is 0. The number of hydrogen-bond donors (Lipinski definition) is 1. The largest absolute Gasteiger partial charge is 0.416 e. The van der Waals surface area contributed by atoms with Gasteiger partial charge < -0.3 is 19.9 Å². The van der Waals surface area contributed by atoms with E-state index in [1.807, 2.05) is 0 Å². The van der Waals surface area contributed by atoms with Crippen LogP contribution < -0.4 is 11.4 Å². The highest BCUT2D eigenvalue weighted by atomic mass is 31.1. The molecule has 0 spiro atoms. The van der Waals surface area contributed by atoms with E-state index in [-0.39, 0.29) is 31.6 Å². The Kier molecular flexibility index (Phi) is 8.42. The number of nitrogens with two attached hydrogens (primary N) is 1. The summed E-state index contributed by atoms with van der Waals surface area (Å²) in [5.74, 6) is -1.19. The molecular weight excluding hydrogens is 531 g/mol. The minimum Gasteiger partial charge on any atom is -0.383 e. The molecule has 0 aliphatic carbocycles. The predicted octanol–water partition coefficient (Wildman–Crippen LogP) is 2.96. The second-order valence-corrected chi connectivity index (χ2v) is 10.3. The van der Waals surface area contributed by atoms with Gasteiger partial charge in [0.1, 0.15) is 11.9 Å². The van der Waals surface area contributed by atoms with Gasteiger partial charge in [0.25, 0.3) is 5.91 Å². The Balaban J connectivity index is 1.98. The van der Waals surface area contributed by atoms with Gasteiger partial charge in [-0.1, -0.05) is 6.30 Å². The number of carbonyl (C=O) groups is 1. The lowest BCUT2D eigenvalue weighted by Crippen LogP contribution is -2.51. The first kappa shape index (κ1) is 28.7. The topological polar surface area (TPSA) is 103 Å². The summed E-state index contributed by atoms with van der Waals surface area (Å²) in [6, 6.07) is 1.94. The first-order valence-corrected chi connectivity index (χ1v) is 12.2. The number of amides is 1. The molecule has 9 nitrogen and oxygen atoms in total. The molecule has 3 rings (SSSR count). The predicted molar refractivity (Wildman–Crippen MR) is 124 cm³/mol. The van der Waals surface area contributed by atoms with E-state index in [1.54, 1.807) is 18.8 Å². The van der Waals surface area contributed by atoms with Crippen molar-refractivity contribution in [3.05, 3.63) is 57.6 Å². The lowest BCUT2D eigenvalue weighted by atomic mass is 10.0. The molecule has 37 heavy (non-hydrogen) atoms. The molecule has 16 heteroatoms. The number of halogens is 6. The Labute approximate surface area is 207 Å². The van der Waals surface area contributed by atoms with Crippen LogP contribution in [0, 0.1) is 0 Å². The molecule has 2 aromatic rings. The Morgan fingerprint density at radius 3 is 2.30 bits per heavy atom. The third-order valence-corrected chi connectivity index (χ3v) is 6.87. The van der Waals surface area contributed by atoms with Crippen molar-refractivity contribution in [2.75, 3.05) is 39.5 Å². The molecule has 0 radical (unpaired) electrons. The Bertz CT molecular complexity index is 1200. The molecule has 1 aromatic heterocycles. The fourth-order valence-electron chi connectivity index (χ4n) is 3.45. The molecule has 1 aromatic carbocycles. The van der Waals surface area contributed by atoms with Crippen molar-refractivity contribution in [2.24, 2.45) is 0 Å². The smallest absolute Gasteiger partial charge is 0.383 e. The molecule has 2 unspecified atom stereocenters. The molecule has 1 aliphatic rings. The van der Waals surface area contributed by atoms with Crippen molar-refractivity contribution in [2.45, 2.75) is 24.7 Å². The van der Waals surface area contributed by atoms with E-state index in [9.17, 15) is 35.9 Å². The molecule has 0 bridgehead atoms. The van der Waals surface area contributed by atoms with Gasteiger partial charge in [-0.2, -0.15) is 31.3 Å². The second-order valence-electron chi connectivity index (χ2n) is 8.36. The molecular formula is C21H24F6N5O4P. The number of hydrogen-bond acceptors (Lipinski definition) is 7. The van der Waals surface area contributed by atoms with E-state index in [0.29, 0.717) is 12.1 Å². The summed E-state index contributed by atoms with van der Waals surface area (Å²) in [4.78, 5) is 30.2. The summed E-state index contributed by atoms with van der Waals surface area (Å²) in [7, 11) is 1.78. The van der Waals surface area contributed by atoms with Gasteiger partial charge >= 0.3 is 18.0 Å². The first-order valence-electron chi connectivity index (χ1n) is 10.6. The SMILES string of the molecule is C=[PH](OC[C@@H]1CN(C(=O)c2cc(C(F)(F)F)cc(C(F)(F)F)c2)CC(n2ccc(N)nc2=O)O1)N(C)C. The highest BCUT2D eigenvalue weighted by Gasteiger charge is 2.39. The molecule has 1 aliphatic heterocycles. The summed E-state index contributed by atoms with van der Waals surface area (Å²) in [5.41, 5.74) is 0.615. The number of anilines is 1. The molecule has 1 saturated heterocycles. The number of ether oxygens (including phenoxy) is 1. The van der Waals surface area contributed by atoms with Crippen molar-refractivity contribution in [1.82, 2.24) is 19.1 Å². The number of rotatable bonds is 6. The number of nitrogen functional groups attached to an aromatic ring is 1. The van der Waals surface area contributed by atoms with Gasteiger partial charge in [-0.15, -0.1) is 0 Å². The van der Waals surface area contributed by atoms with Gasteiger partial charge in [-0.25, -0.2) is 4.79 Å². The zero-order valence-electron chi connectivity index (χ0n) is 19.6. The maximum Gasteiger partial charge on any atom is 0.416 e. The van der Waals surface area contributed by atoms with Crippen LogP contribution in [0.2, 0.25) is 0 Å². The summed E-state index contributed by atoms with van der Waals surface area (Å²) in [6.45, 7) is -0.704. The number of aromatic nitrogens is 2. The molecule has 2 heterocycles. The van der Waals surface area contributed by atoms with Crippen LogP contribution in [0.3, 0.4) is 0 Å². The van der Waals surface area contributed by atoms with E-state index in [1.165, 1.54) is 12.3 Å². The monoisotopic (exact) mass is 555 g/mol. The lowest BCUT2D eigenvalue weighted by Gasteiger charge is -2.38. The quantitative estimate of drug-likeness (QED) is 0.432. The number of morpholine rings is 1. The van der Waals surface area contributed by atoms with Crippen LogP contribution in [0.5, 0.6) is 0 Å². The Hall–Kier alpha value is -2.87. The molecule has 1 fully saturated rings. The van der Waals surface area contributed by atoms with Crippen molar-refractivity contribution in [3.8, 4) is 0 Å². The third-order valence-electron chi connectivity index (χ3n) is 5.37. The summed E-state index contributed by atoms with van der Waals surface area (Å²) in [5, 5.41) is 0. The van der Waals surface area contributed by atoms with E-state index in [0.717, 1.165) is 9.47 Å². The lowest BCUT2D eigenvalue weighted by molar-refractivity contribution is -0.143. The van der Waals surface area contributed by atoms with E-state index in [4.69, 9.17) is 15.0 Å². The van der Waals surface area contributed by atoms with Crippen molar-refractivity contribution < 1.29 is 40.4 Å². The summed E-state index contributed by atoms with van der Waals surface area (Å²) in [6.07, 6.45) is -7.18. The van der Waals surface area contributed by atoms with Crippen LogP contribution in [-0.4, -0.2) is 71.2 Å². The first-order chi connectivity index (χ1) is 17.1. The van der Waals surface area contributed by atoms with Crippen LogP contribution in [0.25, 0.3) is 0 Å². The minimum atomic E-state index is -5.12. The zero-order valence-corrected chi connectivity index (χ0v) is 20.6. The van der Waals surface area contributed by atoms with Crippen molar-refractivity contribution in [1.29, 1.82) is 0 Å². The number of alkyl halides is 6. The maximum atomic E-state index is 13.3. The van der Waals surface area contributed by atoms with E-state index >= 15 is 0 Å². The van der Waals surface area contributed by atoms with Gasteiger partial charge in [0.2, 0.25) is 0 Å². The maximum absolute atomic E-state index is 13.3. The standard InChI is InChI=1S/C21H24F6N5O4P/c1-30(2)37(3)35-11-15-9-31(10-17(36-15)32-5-4-16(28)29-19(32)34)18(33)12-6-13(20(22,23)24)8-14(7-12)21(25,26)27/h4-8,15,17,37H,3,9-11H2,1-2H3,(H2,28,29,34)/t15-,17?/m0/s1. The van der Waals surface area contributed by atoms with Gasteiger partial charge in [-0.3, -0.25) is 14.0 Å². The van der Waals surface area contributed by atoms with Crippen LogP contribution in [0.15, 0.2) is 35.3 Å². The second kappa shape index (κ2) is 10.9. The average molecular weight is 555 g/mol. The zero-order chi connectivity index (χ0) is 27.7. The number of carbonyl (C=O) groups excluding carboxylic acids is 1. The number of benzene rings is 1. The molecule has 0 saturated carbocycles. The van der Waals surface area contributed by atoms with E-state index < -0.39 is 60.9 Å². The highest BCUT2D eigenvalue weighted by Crippen LogP contribution is 2.37. The van der Waals surface area contributed by atoms with Gasteiger partial charge in [-0.05, 0) is 38.4 Å². The van der Waals surface area contributed by atoms with E-state index in [2.05, 4.69) is 11.3 Å². The highest BCUT2D eigenvalue weighted by molar-refractivity contribution is 7.48. The Morgan fingerprint density at radius 1 is 1.19 bits per heavy atom. The minimum absolute atomic E-state index is 0.0613. The fourth-order valence-corrected chi connectivity index (χ4v) is 4.09. The van der Waals surface area contributed by atoms with Crippen LogP contribution in [0.4, 0.5) is 32.2 Å². The van der Waals surface area contributed by atoms with Crippen molar-refractivity contribution in [3.63, 3.8) is 0 Å². The van der Waals surface area contributed by atoms with Crippen molar-refractivity contribution >= 4 is 25.9 Å². The third kappa shape index (κ3) is 7.12. The van der Waals surface area contributed by atoms with Crippen LogP contribution >= 0.6 is 7.92 Å². The fraction of sp³-hybridized carbons (Fsp3) is 0.429. The summed E-state index contributed by atoms with van der Waals surface area (Å²) < 4.78 is 94.2. The van der Waals surface area contributed by atoms with Gasteiger partial charge in [0, 0.05) is 18.3 Å². The van der Waals surface area contributed by atoms with Gasteiger partial charge in [0.05, 0.1) is 32.2 Å². The molecule has 3 atom stereocenters. The molecule has 1 amide bonds. The molecule has 2 N–H and O–H groups in total.